The molecule has 0 aromatic heterocycles. The van der Waals surface area contributed by atoms with Crippen molar-refractivity contribution in [3.63, 3.8) is 0 Å². The van der Waals surface area contributed by atoms with Gasteiger partial charge in [0.15, 0.2) is 0 Å². The number of hydrogen-bond acceptors (Lipinski definition) is 4. The van der Waals surface area contributed by atoms with Crippen molar-refractivity contribution < 1.29 is 14.7 Å². The van der Waals surface area contributed by atoms with Crippen LogP contribution in [0.3, 0.4) is 0 Å². The minimum absolute atomic E-state index is 0.143. The van der Waals surface area contributed by atoms with Crippen LogP contribution in [0.2, 0.25) is 0 Å². The summed E-state index contributed by atoms with van der Waals surface area (Å²) in [5.41, 5.74) is 5.22. The average Bonchev–Trinajstić information content (AvgIpc) is 2.88. The quantitative estimate of drug-likeness (QED) is 0.639. The number of rotatable bonds is 6. The highest BCUT2D eigenvalue weighted by atomic mass is 16.4. The molecule has 1 saturated heterocycles. The predicted octanol–water partition coefficient (Wildman–Crippen LogP) is 0.0266. The number of aliphatic carboxylic acids is 1. The minimum Gasteiger partial charge on any atom is -0.481 e. The van der Waals surface area contributed by atoms with Crippen molar-refractivity contribution in [2.75, 3.05) is 26.2 Å². The lowest BCUT2D eigenvalue weighted by Gasteiger charge is -2.36. The predicted molar refractivity (Wildman–Crippen MR) is 75.1 cm³/mol. The summed E-state index contributed by atoms with van der Waals surface area (Å²) in [6.07, 6.45) is 5.79. The molecule has 0 aromatic rings. The Morgan fingerprint density at radius 2 is 1.95 bits per heavy atom. The van der Waals surface area contributed by atoms with E-state index in [0.717, 1.165) is 12.5 Å². The summed E-state index contributed by atoms with van der Waals surface area (Å²) in [4.78, 5) is 24.1. The van der Waals surface area contributed by atoms with Crippen molar-refractivity contribution in [3.05, 3.63) is 0 Å². The highest BCUT2D eigenvalue weighted by Crippen LogP contribution is 2.24. The largest absolute Gasteiger partial charge is 0.481 e. The van der Waals surface area contributed by atoms with Gasteiger partial charge in [-0.3, -0.25) is 14.5 Å². The first kappa shape index (κ1) is 15.3. The van der Waals surface area contributed by atoms with Crippen LogP contribution < -0.4 is 11.1 Å². The monoisotopic (exact) mass is 283 g/mol. The van der Waals surface area contributed by atoms with Crippen molar-refractivity contribution in [2.45, 2.75) is 38.1 Å². The van der Waals surface area contributed by atoms with E-state index in [1.165, 1.54) is 25.7 Å². The number of carboxylic acid groups (broad SMARTS) is 1. The molecule has 2 atom stereocenters. The average molecular weight is 283 g/mol. The number of carbonyl (C=O) groups is 2. The molecule has 0 spiro atoms. The summed E-state index contributed by atoms with van der Waals surface area (Å²) in [6.45, 7) is 2.23. The zero-order chi connectivity index (χ0) is 14.5. The van der Waals surface area contributed by atoms with Crippen LogP contribution in [0.1, 0.15) is 32.1 Å². The van der Waals surface area contributed by atoms with Gasteiger partial charge >= 0.3 is 5.97 Å². The summed E-state index contributed by atoms with van der Waals surface area (Å²) in [7, 11) is 0. The van der Waals surface area contributed by atoms with Gasteiger partial charge in [-0.15, -0.1) is 0 Å². The fraction of sp³-hybridized carbons (Fsp3) is 0.857. The van der Waals surface area contributed by atoms with E-state index in [-0.39, 0.29) is 12.6 Å². The Kier molecular flexibility index (Phi) is 5.37. The summed E-state index contributed by atoms with van der Waals surface area (Å²) >= 11 is 0. The molecule has 114 valence electrons. The topological polar surface area (TPSA) is 95.7 Å². The number of nitrogens with two attached hydrogens (primary N) is 1. The van der Waals surface area contributed by atoms with Crippen LogP contribution in [0.4, 0.5) is 0 Å². The molecule has 1 saturated carbocycles. The molecule has 2 rings (SSSR count). The molecule has 1 amide bonds. The number of nitrogens with one attached hydrogen (secondary N) is 1. The van der Waals surface area contributed by atoms with Crippen LogP contribution in [0.15, 0.2) is 0 Å². The Morgan fingerprint density at radius 1 is 1.25 bits per heavy atom. The zero-order valence-corrected chi connectivity index (χ0v) is 11.9. The fourth-order valence-corrected chi connectivity index (χ4v) is 3.41. The minimum atomic E-state index is -0.785. The number of likely N-dealkylation sites (tertiary alicyclic amines) is 1. The van der Waals surface area contributed by atoms with Gasteiger partial charge < -0.3 is 16.2 Å². The van der Waals surface area contributed by atoms with E-state index in [4.69, 9.17) is 5.73 Å². The van der Waals surface area contributed by atoms with Gasteiger partial charge in [-0.25, -0.2) is 0 Å². The van der Waals surface area contributed by atoms with Gasteiger partial charge in [-0.05, 0) is 31.7 Å². The number of nitrogens with zero attached hydrogens (tertiary/aromatic N) is 1. The second kappa shape index (κ2) is 7.04. The summed E-state index contributed by atoms with van der Waals surface area (Å²) in [5, 5.41) is 12.7. The Bertz CT molecular complexity index is 356. The van der Waals surface area contributed by atoms with E-state index in [0.29, 0.717) is 19.5 Å². The molecule has 4 N–H and O–H groups in total. The first-order valence-corrected chi connectivity index (χ1v) is 7.51. The molecule has 2 fully saturated rings. The molecule has 6 heteroatoms. The molecule has 1 aliphatic heterocycles. The normalized spacial score (nSPS) is 28.6. The highest BCUT2D eigenvalue weighted by Gasteiger charge is 2.32. The molecular weight excluding hydrogens is 258 g/mol. The number of carboxylic acids is 1. The smallest absolute Gasteiger partial charge is 0.307 e. The molecule has 0 aromatic carbocycles. The van der Waals surface area contributed by atoms with E-state index in [9.17, 15) is 14.7 Å². The number of primary amides is 1. The molecular formula is C14H25N3O3. The molecule has 1 heterocycles. The van der Waals surface area contributed by atoms with E-state index in [2.05, 4.69) is 5.32 Å². The number of carbonyl (C=O) groups excluding carboxylic acids is 1. The molecule has 1 aliphatic carbocycles. The van der Waals surface area contributed by atoms with Crippen molar-refractivity contribution in [2.24, 2.45) is 17.6 Å². The van der Waals surface area contributed by atoms with Gasteiger partial charge in [-0.1, -0.05) is 12.8 Å². The Balaban J connectivity index is 1.85. The summed E-state index contributed by atoms with van der Waals surface area (Å²) in [5.74, 6) is -0.869. The van der Waals surface area contributed by atoms with Crippen LogP contribution in [0.25, 0.3) is 0 Å². The van der Waals surface area contributed by atoms with Crippen LogP contribution >= 0.6 is 0 Å². The lowest BCUT2D eigenvalue weighted by Crippen LogP contribution is -2.53. The van der Waals surface area contributed by atoms with Crippen LogP contribution in [0, 0.1) is 11.8 Å². The van der Waals surface area contributed by atoms with E-state index >= 15 is 0 Å². The Morgan fingerprint density at radius 3 is 2.55 bits per heavy atom. The number of piperidine rings is 1. The van der Waals surface area contributed by atoms with Gasteiger partial charge in [0.25, 0.3) is 0 Å². The summed E-state index contributed by atoms with van der Waals surface area (Å²) < 4.78 is 0. The third-order valence-corrected chi connectivity index (χ3v) is 4.42. The van der Waals surface area contributed by atoms with Gasteiger partial charge in [0.05, 0.1) is 12.5 Å². The molecule has 2 aliphatic rings. The first-order valence-electron chi connectivity index (χ1n) is 7.51. The number of hydrogen-bond donors (Lipinski definition) is 3. The van der Waals surface area contributed by atoms with E-state index in [1.807, 2.05) is 4.90 Å². The van der Waals surface area contributed by atoms with Crippen molar-refractivity contribution >= 4 is 11.9 Å². The van der Waals surface area contributed by atoms with Crippen LogP contribution in [-0.4, -0.2) is 54.1 Å². The molecule has 0 bridgehead atoms. The lowest BCUT2D eigenvalue weighted by molar-refractivity contribution is -0.144. The van der Waals surface area contributed by atoms with Gasteiger partial charge in [-0.2, -0.15) is 0 Å². The third kappa shape index (κ3) is 4.45. The number of amides is 1. The van der Waals surface area contributed by atoms with E-state index < -0.39 is 17.8 Å². The molecule has 6 nitrogen and oxygen atoms in total. The second-order valence-electron chi connectivity index (χ2n) is 6.19. The fourth-order valence-electron chi connectivity index (χ4n) is 3.41. The molecule has 20 heavy (non-hydrogen) atoms. The van der Waals surface area contributed by atoms with Crippen LogP contribution in [-0.2, 0) is 9.59 Å². The van der Waals surface area contributed by atoms with Crippen molar-refractivity contribution in [1.82, 2.24) is 10.2 Å². The van der Waals surface area contributed by atoms with Gasteiger partial charge in [0.2, 0.25) is 5.91 Å². The molecule has 2 unspecified atom stereocenters. The van der Waals surface area contributed by atoms with Crippen LogP contribution in [0.5, 0.6) is 0 Å². The summed E-state index contributed by atoms with van der Waals surface area (Å²) in [6, 6.07) is 0.143. The standard InChI is InChI=1S/C14H25N3O3/c15-13(18)9-17-7-11(14(19)20)5-12(8-17)16-6-10-3-1-2-4-10/h10-12,16H,1-9H2,(H2,15,18)(H,19,20). The highest BCUT2D eigenvalue weighted by molar-refractivity contribution is 5.76. The second-order valence-corrected chi connectivity index (χ2v) is 6.19. The van der Waals surface area contributed by atoms with Gasteiger partial charge in [0, 0.05) is 19.1 Å². The maximum Gasteiger partial charge on any atom is 0.307 e. The SMILES string of the molecule is NC(=O)CN1CC(NCC2CCCC2)CC(C(=O)O)C1. The Labute approximate surface area is 119 Å². The third-order valence-electron chi connectivity index (χ3n) is 4.42. The maximum atomic E-state index is 11.2. The first-order chi connectivity index (χ1) is 9.54. The maximum absolute atomic E-state index is 11.2. The lowest BCUT2D eigenvalue weighted by atomic mass is 9.93. The van der Waals surface area contributed by atoms with Crippen molar-refractivity contribution in [3.8, 4) is 0 Å². The molecule has 0 radical (unpaired) electrons. The van der Waals surface area contributed by atoms with Gasteiger partial charge in [0.1, 0.15) is 0 Å². The zero-order valence-electron chi connectivity index (χ0n) is 11.9. The van der Waals surface area contributed by atoms with E-state index in [1.54, 1.807) is 0 Å². The Hall–Kier alpha value is -1.14. The van der Waals surface area contributed by atoms with Crippen molar-refractivity contribution in [1.29, 1.82) is 0 Å².